The van der Waals surface area contributed by atoms with Crippen LogP contribution in [-0.2, 0) is 11.3 Å². The molecule has 2 saturated heterocycles. The highest BCUT2D eigenvalue weighted by atomic mass is 35.5. The summed E-state index contributed by atoms with van der Waals surface area (Å²) >= 11 is 6.23. The average Bonchev–Trinajstić information content (AvgIpc) is 3.22. The molecule has 1 aromatic carbocycles. The van der Waals surface area contributed by atoms with Crippen molar-refractivity contribution in [1.29, 1.82) is 0 Å². The summed E-state index contributed by atoms with van der Waals surface area (Å²) in [5.41, 5.74) is 0.766. The van der Waals surface area contributed by atoms with Crippen molar-refractivity contribution >= 4 is 17.5 Å². The van der Waals surface area contributed by atoms with Gasteiger partial charge in [-0.3, -0.25) is 9.69 Å². The fourth-order valence-electron chi connectivity index (χ4n) is 4.21. The van der Waals surface area contributed by atoms with Crippen molar-refractivity contribution in [2.45, 2.75) is 26.3 Å². The largest absolute Gasteiger partial charge is 0.340 e. The lowest BCUT2D eigenvalue weighted by molar-refractivity contribution is -0.139. The number of amides is 1. The third-order valence-electron chi connectivity index (χ3n) is 5.93. The van der Waals surface area contributed by atoms with Crippen molar-refractivity contribution in [3.8, 4) is 11.4 Å². The quantitative estimate of drug-likeness (QED) is 0.745. The Hall–Kier alpha value is -1.96. The van der Waals surface area contributed by atoms with E-state index >= 15 is 0 Å². The first-order chi connectivity index (χ1) is 14.1. The van der Waals surface area contributed by atoms with Gasteiger partial charge in [0.15, 0.2) is 0 Å². The van der Waals surface area contributed by atoms with Crippen molar-refractivity contribution in [2.75, 3.05) is 45.8 Å². The number of carbonyl (C=O) groups excluding carboxylic acids is 1. The Morgan fingerprint density at radius 2 is 1.97 bits per heavy atom. The number of likely N-dealkylation sites (N-methyl/N-ethyl adjacent to an activating group) is 1. The Morgan fingerprint density at radius 1 is 1.17 bits per heavy atom. The number of halogens is 1. The molecule has 0 radical (unpaired) electrons. The molecule has 8 heteroatoms. The maximum Gasteiger partial charge on any atom is 0.241 e. The van der Waals surface area contributed by atoms with Crippen molar-refractivity contribution in [1.82, 2.24) is 24.8 Å². The Morgan fingerprint density at radius 3 is 2.72 bits per heavy atom. The van der Waals surface area contributed by atoms with Gasteiger partial charge in [0.1, 0.15) is 0 Å². The van der Waals surface area contributed by atoms with E-state index in [-0.39, 0.29) is 5.92 Å². The Kier molecular flexibility index (Phi) is 6.47. The molecule has 1 aromatic heterocycles. The van der Waals surface area contributed by atoms with E-state index in [1.165, 1.54) is 0 Å². The molecule has 156 valence electrons. The number of likely N-dealkylation sites (tertiary alicyclic amines) is 1. The zero-order valence-electron chi connectivity index (χ0n) is 16.9. The van der Waals surface area contributed by atoms with Gasteiger partial charge in [0.2, 0.25) is 17.6 Å². The summed E-state index contributed by atoms with van der Waals surface area (Å²) in [6, 6.07) is 7.47. The number of nitrogens with zero attached hydrogens (tertiary/aromatic N) is 5. The second kappa shape index (κ2) is 9.24. The number of hydrogen-bond acceptors (Lipinski definition) is 6. The summed E-state index contributed by atoms with van der Waals surface area (Å²) in [4.78, 5) is 24.2. The van der Waals surface area contributed by atoms with Gasteiger partial charge in [0.05, 0.1) is 17.5 Å². The van der Waals surface area contributed by atoms with E-state index in [1.54, 1.807) is 0 Å². The van der Waals surface area contributed by atoms with Crippen LogP contribution in [0, 0.1) is 5.92 Å². The fourth-order valence-corrected chi connectivity index (χ4v) is 4.43. The van der Waals surface area contributed by atoms with Gasteiger partial charge in [-0.1, -0.05) is 35.8 Å². The van der Waals surface area contributed by atoms with Gasteiger partial charge in [-0.05, 0) is 38.1 Å². The summed E-state index contributed by atoms with van der Waals surface area (Å²) in [6.45, 7) is 9.11. The molecule has 0 N–H and O–H groups in total. The maximum atomic E-state index is 13.0. The van der Waals surface area contributed by atoms with Gasteiger partial charge >= 0.3 is 0 Å². The number of piperazine rings is 1. The first-order valence-electron chi connectivity index (χ1n) is 10.4. The molecule has 0 bridgehead atoms. The third kappa shape index (κ3) is 4.79. The number of piperidine rings is 1. The SMILES string of the molecule is CCN1CCN(C(=O)C2CCCN(Cc3nc(-c4ccccc4Cl)no3)C2)CC1. The van der Waals surface area contributed by atoms with Crippen LogP contribution in [0.3, 0.4) is 0 Å². The molecule has 4 rings (SSSR count). The first-order valence-corrected chi connectivity index (χ1v) is 10.8. The highest BCUT2D eigenvalue weighted by molar-refractivity contribution is 6.33. The van der Waals surface area contributed by atoms with Gasteiger partial charge < -0.3 is 14.3 Å². The topological polar surface area (TPSA) is 65.7 Å². The molecule has 7 nitrogen and oxygen atoms in total. The number of hydrogen-bond donors (Lipinski definition) is 0. The average molecular weight is 418 g/mol. The summed E-state index contributed by atoms with van der Waals surface area (Å²) in [6.07, 6.45) is 1.97. The molecule has 2 aliphatic rings. The highest BCUT2D eigenvalue weighted by Crippen LogP contribution is 2.26. The second-order valence-corrected chi connectivity index (χ2v) is 8.23. The minimum absolute atomic E-state index is 0.0582. The molecule has 0 spiro atoms. The molecular weight excluding hydrogens is 390 g/mol. The van der Waals surface area contributed by atoms with Crippen LogP contribution < -0.4 is 0 Å². The predicted molar refractivity (Wildman–Crippen MR) is 111 cm³/mol. The molecule has 2 aromatic rings. The van der Waals surface area contributed by atoms with E-state index in [2.05, 4.69) is 26.9 Å². The molecule has 1 amide bonds. The zero-order chi connectivity index (χ0) is 20.2. The Balaban J connectivity index is 1.35. The fraction of sp³-hybridized carbons (Fsp3) is 0.571. The molecule has 0 aliphatic carbocycles. The van der Waals surface area contributed by atoms with Crippen LogP contribution >= 0.6 is 11.6 Å². The van der Waals surface area contributed by atoms with E-state index in [0.29, 0.717) is 29.2 Å². The van der Waals surface area contributed by atoms with Crippen LogP contribution in [0.1, 0.15) is 25.7 Å². The first kappa shape index (κ1) is 20.3. The summed E-state index contributed by atoms with van der Waals surface area (Å²) < 4.78 is 5.45. The summed E-state index contributed by atoms with van der Waals surface area (Å²) in [7, 11) is 0. The number of benzene rings is 1. The molecule has 2 aliphatic heterocycles. The molecular formula is C21H28ClN5O2. The van der Waals surface area contributed by atoms with Crippen molar-refractivity contribution in [3.05, 3.63) is 35.2 Å². The zero-order valence-corrected chi connectivity index (χ0v) is 17.6. The number of carbonyl (C=O) groups is 1. The Bertz CT molecular complexity index is 834. The minimum atomic E-state index is 0.0582. The molecule has 1 atom stereocenters. The van der Waals surface area contributed by atoms with Crippen LogP contribution in [0.25, 0.3) is 11.4 Å². The Labute approximate surface area is 176 Å². The monoisotopic (exact) mass is 417 g/mol. The molecule has 0 saturated carbocycles. The van der Waals surface area contributed by atoms with Crippen molar-refractivity contribution < 1.29 is 9.32 Å². The van der Waals surface area contributed by atoms with E-state index in [4.69, 9.17) is 16.1 Å². The van der Waals surface area contributed by atoms with E-state index < -0.39 is 0 Å². The summed E-state index contributed by atoms with van der Waals surface area (Å²) in [5.74, 6) is 1.42. The smallest absolute Gasteiger partial charge is 0.241 e. The molecule has 1 unspecified atom stereocenters. The van der Waals surface area contributed by atoms with E-state index in [9.17, 15) is 4.79 Å². The highest BCUT2D eigenvalue weighted by Gasteiger charge is 2.31. The molecule has 29 heavy (non-hydrogen) atoms. The van der Waals surface area contributed by atoms with E-state index in [0.717, 1.165) is 64.2 Å². The van der Waals surface area contributed by atoms with Crippen LogP contribution in [0.5, 0.6) is 0 Å². The van der Waals surface area contributed by atoms with Crippen molar-refractivity contribution in [3.63, 3.8) is 0 Å². The second-order valence-electron chi connectivity index (χ2n) is 7.83. The maximum absolute atomic E-state index is 13.0. The lowest BCUT2D eigenvalue weighted by Crippen LogP contribution is -2.52. The minimum Gasteiger partial charge on any atom is -0.340 e. The normalized spacial score (nSPS) is 21.4. The van der Waals surface area contributed by atoms with Gasteiger partial charge in [-0.15, -0.1) is 0 Å². The third-order valence-corrected chi connectivity index (χ3v) is 6.26. The van der Waals surface area contributed by atoms with Gasteiger partial charge in [0, 0.05) is 38.3 Å². The van der Waals surface area contributed by atoms with Gasteiger partial charge in [-0.25, -0.2) is 0 Å². The van der Waals surface area contributed by atoms with Gasteiger partial charge in [-0.2, -0.15) is 4.98 Å². The van der Waals surface area contributed by atoms with Crippen LogP contribution in [0.4, 0.5) is 0 Å². The predicted octanol–water partition coefficient (Wildman–Crippen LogP) is 2.77. The lowest BCUT2D eigenvalue weighted by Gasteiger charge is -2.38. The van der Waals surface area contributed by atoms with Crippen LogP contribution in [-0.4, -0.2) is 76.6 Å². The number of rotatable bonds is 5. The summed E-state index contributed by atoms with van der Waals surface area (Å²) in [5, 5.41) is 4.68. The van der Waals surface area contributed by atoms with E-state index in [1.807, 2.05) is 29.2 Å². The van der Waals surface area contributed by atoms with Gasteiger partial charge in [0.25, 0.3) is 0 Å². The lowest BCUT2D eigenvalue weighted by atomic mass is 9.96. The molecule has 2 fully saturated rings. The van der Waals surface area contributed by atoms with Crippen LogP contribution in [0.2, 0.25) is 5.02 Å². The van der Waals surface area contributed by atoms with Crippen molar-refractivity contribution in [2.24, 2.45) is 5.92 Å². The molecule has 3 heterocycles. The standard InChI is InChI=1S/C21H28ClN5O2/c1-2-25-10-12-27(13-11-25)21(28)16-6-5-9-26(14-16)15-19-23-20(24-29-19)17-7-3-4-8-18(17)22/h3-4,7-8,16H,2,5-6,9-15H2,1H3. The number of aromatic nitrogens is 2. The van der Waals surface area contributed by atoms with Crippen LogP contribution in [0.15, 0.2) is 28.8 Å².